The zero-order valence-corrected chi connectivity index (χ0v) is 13.8. The van der Waals surface area contributed by atoms with E-state index >= 15 is 0 Å². The Hall–Kier alpha value is -1.92. The highest BCUT2D eigenvalue weighted by Gasteiger charge is 2.22. The van der Waals surface area contributed by atoms with Crippen LogP contribution in [0.15, 0.2) is 24.3 Å². The van der Waals surface area contributed by atoms with Crippen molar-refractivity contribution in [2.24, 2.45) is 0 Å². The van der Waals surface area contributed by atoms with E-state index in [0.29, 0.717) is 13.1 Å². The summed E-state index contributed by atoms with van der Waals surface area (Å²) in [5, 5.41) is 9.45. The van der Waals surface area contributed by atoms with Gasteiger partial charge in [0.15, 0.2) is 0 Å². The van der Waals surface area contributed by atoms with Gasteiger partial charge in [0, 0.05) is 32.7 Å². The fourth-order valence-corrected chi connectivity index (χ4v) is 3.18. The number of fused-ring (bicyclic) bond motifs is 1. The van der Waals surface area contributed by atoms with Crippen LogP contribution in [0, 0.1) is 6.92 Å². The number of carbonyl (C=O) groups excluding carboxylic acids is 1. The number of para-hydroxylation sites is 2. The molecule has 1 saturated heterocycles. The van der Waals surface area contributed by atoms with Gasteiger partial charge in [-0.05, 0) is 26.0 Å². The van der Waals surface area contributed by atoms with Crippen molar-refractivity contribution in [2.75, 3.05) is 32.7 Å². The van der Waals surface area contributed by atoms with Crippen molar-refractivity contribution in [2.45, 2.75) is 26.5 Å². The summed E-state index contributed by atoms with van der Waals surface area (Å²) in [6, 6.07) is 7.91. The molecule has 6 heteroatoms. The molecule has 124 valence electrons. The van der Waals surface area contributed by atoms with Gasteiger partial charge in [-0.25, -0.2) is 4.98 Å². The topological polar surface area (TPSA) is 61.6 Å². The summed E-state index contributed by atoms with van der Waals surface area (Å²) in [7, 11) is 0. The van der Waals surface area contributed by atoms with Crippen LogP contribution in [0.25, 0.3) is 11.0 Å². The van der Waals surface area contributed by atoms with Crippen LogP contribution in [0.1, 0.15) is 12.7 Å². The molecule has 6 nitrogen and oxygen atoms in total. The van der Waals surface area contributed by atoms with Crippen LogP contribution >= 0.6 is 0 Å². The van der Waals surface area contributed by atoms with Gasteiger partial charge in [-0.2, -0.15) is 0 Å². The van der Waals surface area contributed by atoms with Gasteiger partial charge >= 0.3 is 0 Å². The number of amides is 1. The number of piperazine rings is 1. The van der Waals surface area contributed by atoms with Crippen LogP contribution < -0.4 is 0 Å². The smallest absolute Gasteiger partial charge is 0.242 e. The Bertz CT molecular complexity index is 687. The molecule has 0 radical (unpaired) electrons. The number of aliphatic hydroxyl groups is 1. The standard InChI is InChI=1S/C17H24N4O2/c1-13(22)11-19-7-9-20(10-8-19)17(23)12-21-14(2)18-15-5-3-4-6-16(15)21/h3-6,13,22H,7-12H2,1-2H3. The first-order valence-electron chi connectivity index (χ1n) is 8.14. The van der Waals surface area contributed by atoms with E-state index in [2.05, 4.69) is 9.88 Å². The lowest BCUT2D eigenvalue weighted by Gasteiger charge is -2.35. The van der Waals surface area contributed by atoms with E-state index in [-0.39, 0.29) is 12.0 Å². The summed E-state index contributed by atoms with van der Waals surface area (Å²) in [4.78, 5) is 21.2. The minimum absolute atomic E-state index is 0.132. The predicted molar refractivity (Wildman–Crippen MR) is 89.2 cm³/mol. The van der Waals surface area contributed by atoms with Crippen molar-refractivity contribution < 1.29 is 9.90 Å². The van der Waals surface area contributed by atoms with Crippen LogP contribution in [-0.4, -0.2) is 69.2 Å². The molecule has 0 aliphatic carbocycles. The van der Waals surface area contributed by atoms with Gasteiger partial charge < -0.3 is 14.6 Å². The summed E-state index contributed by atoms with van der Waals surface area (Å²) in [6.07, 6.45) is -0.322. The number of aromatic nitrogens is 2. The van der Waals surface area contributed by atoms with Gasteiger partial charge in [0.2, 0.25) is 5.91 Å². The molecule has 2 heterocycles. The zero-order valence-electron chi connectivity index (χ0n) is 13.8. The van der Waals surface area contributed by atoms with Gasteiger partial charge in [-0.15, -0.1) is 0 Å². The molecule has 1 N–H and O–H groups in total. The first-order chi connectivity index (χ1) is 11.0. The number of nitrogens with zero attached hydrogens (tertiary/aromatic N) is 4. The maximum atomic E-state index is 12.6. The molecule has 23 heavy (non-hydrogen) atoms. The summed E-state index contributed by atoms with van der Waals surface area (Å²) in [6.45, 7) is 7.82. The molecule has 1 fully saturated rings. The molecular weight excluding hydrogens is 292 g/mol. The highest BCUT2D eigenvalue weighted by atomic mass is 16.3. The summed E-state index contributed by atoms with van der Waals surface area (Å²) < 4.78 is 1.99. The number of aliphatic hydroxyl groups excluding tert-OH is 1. The Balaban J connectivity index is 1.64. The third kappa shape index (κ3) is 3.54. The first-order valence-corrected chi connectivity index (χ1v) is 8.14. The molecule has 1 amide bonds. The van der Waals surface area contributed by atoms with Gasteiger partial charge in [0.05, 0.1) is 17.1 Å². The van der Waals surface area contributed by atoms with E-state index in [1.807, 2.05) is 40.7 Å². The van der Waals surface area contributed by atoms with Crippen molar-refractivity contribution >= 4 is 16.9 Å². The number of imidazole rings is 1. The van der Waals surface area contributed by atoms with Gasteiger partial charge in [-0.3, -0.25) is 9.69 Å². The minimum atomic E-state index is -0.322. The second-order valence-electron chi connectivity index (χ2n) is 6.26. The van der Waals surface area contributed by atoms with E-state index in [9.17, 15) is 9.90 Å². The van der Waals surface area contributed by atoms with E-state index < -0.39 is 0 Å². The average Bonchev–Trinajstić information content (AvgIpc) is 2.83. The van der Waals surface area contributed by atoms with Crippen molar-refractivity contribution in [3.8, 4) is 0 Å². The summed E-state index contributed by atoms with van der Waals surface area (Å²) in [5.74, 6) is 1.00. The maximum absolute atomic E-state index is 12.6. The first kappa shape index (κ1) is 16.0. The maximum Gasteiger partial charge on any atom is 0.242 e. The Morgan fingerprint density at radius 1 is 1.26 bits per heavy atom. The number of carbonyl (C=O) groups is 1. The zero-order chi connectivity index (χ0) is 16.4. The minimum Gasteiger partial charge on any atom is -0.392 e. The number of aryl methyl sites for hydroxylation is 1. The van der Waals surface area contributed by atoms with Gasteiger partial charge in [0.1, 0.15) is 12.4 Å². The van der Waals surface area contributed by atoms with E-state index in [1.54, 1.807) is 6.92 Å². The monoisotopic (exact) mass is 316 g/mol. The van der Waals surface area contributed by atoms with E-state index in [1.165, 1.54) is 0 Å². The molecule has 1 aromatic carbocycles. The van der Waals surface area contributed by atoms with Crippen LogP contribution in [0.4, 0.5) is 0 Å². The fourth-order valence-electron chi connectivity index (χ4n) is 3.18. The SMILES string of the molecule is Cc1nc2ccccc2n1CC(=O)N1CCN(CC(C)O)CC1. The largest absolute Gasteiger partial charge is 0.392 e. The highest BCUT2D eigenvalue weighted by molar-refractivity contribution is 5.81. The molecule has 1 aromatic heterocycles. The Labute approximate surface area is 136 Å². The molecule has 1 atom stereocenters. The highest BCUT2D eigenvalue weighted by Crippen LogP contribution is 2.16. The second kappa shape index (κ2) is 6.68. The molecular formula is C17H24N4O2. The molecule has 3 rings (SSSR count). The Morgan fingerprint density at radius 3 is 2.65 bits per heavy atom. The third-order valence-electron chi connectivity index (χ3n) is 4.39. The van der Waals surface area contributed by atoms with E-state index in [4.69, 9.17) is 0 Å². The summed E-state index contributed by atoms with van der Waals surface area (Å²) >= 11 is 0. The van der Waals surface area contributed by atoms with Crippen LogP contribution in [0.2, 0.25) is 0 Å². The molecule has 1 aliphatic rings. The predicted octanol–water partition coefficient (Wildman–Crippen LogP) is 0.870. The lowest BCUT2D eigenvalue weighted by molar-refractivity contribution is -0.133. The lowest BCUT2D eigenvalue weighted by atomic mass is 10.2. The average molecular weight is 316 g/mol. The van der Waals surface area contributed by atoms with Gasteiger partial charge in [-0.1, -0.05) is 12.1 Å². The number of β-amino-alcohol motifs (C(OH)–C–C–N with tert-alkyl or cyclic N) is 1. The molecule has 2 aromatic rings. The van der Waals surface area contributed by atoms with Crippen molar-refractivity contribution in [1.29, 1.82) is 0 Å². The van der Waals surface area contributed by atoms with Gasteiger partial charge in [0.25, 0.3) is 0 Å². The Morgan fingerprint density at radius 2 is 1.96 bits per heavy atom. The number of rotatable bonds is 4. The van der Waals surface area contributed by atoms with E-state index in [0.717, 1.165) is 43.0 Å². The van der Waals surface area contributed by atoms with Crippen LogP contribution in [-0.2, 0) is 11.3 Å². The van der Waals surface area contributed by atoms with Crippen LogP contribution in [0.3, 0.4) is 0 Å². The van der Waals surface area contributed by atoms with Crippen molar-refractivity contribution in [3.63, 3.8) is 0 Å². The lowest BCUT2D eigenvalue weighted by Crippen LogP contribution is -2.50. The fraction of sp³-hybridized carbons (Fsp3) is 0.529. The molecule has 1 unspecified atom stereocenters. The second-order valence-corrected chi connectivity index (χ2v) is 6.26. The number of benzene rings is 1. The Kier molecular flexibility index (Phi) is 4.63. The van der Waals surface area contributed by atoms with Crippen molar-refractivity contribution in [3.05, 3.63) is 30.1 Å². The number of hydrogen-bond acceptors (Lipinski definition) is 4. The normalized spacial score (nSPS) is 17.6. The molecule has 1 aliphatic heterocycles. The molecule has 0 saturated carbocycles. The quantitative estimate of drug-likeness (QED) is 0.909. The summed E-state index contributed by atoms with van der Waals surface area (Å²) in [5.41, 5.74) is 1.94. The van der Waals surface area contributed by atoms with Crippen molar-refractivity contribution in [1.82, 2.24) is 19.4 Å². The molecule has 0 spiro atoms. The third-order valence-corrected chi connectivity index (χ3v) is 4.39. The molecule has 0 bridgehead atoms. The van der Waals surface area contributed by atoms with Crippen LogP contribution in [0.5, 0.6) is 0 Å². The number of hydrogen-bond donors (Lipinski definition) is 1.